The van der Waals surface area contributed by atoms with Crippen molar-refractivity contribution in [3.8, 4) is 5.75 Å². The van der Waals surface area contributed by atoms with Gasteiger partial charge in [0, 0.05) is 18.4 Å². The van der Waals surface area contributed by atoms with Crippen LogP contribution in [0.2, 0.25) is 5.28 Å². The third-order valence-electron chi connectivity index (χ3n) is 4.14. The van der Waals surface area contributed by atoms with Crippen molar-refractivity contribution in [2.24, 2.45) is 0 Å². The Labute approximate surface area is 156 Å². The number of methoxy groups -OCH3 is 1. The summed E-state index contributed by atoms with van der Waals surface area (Å²) in [6.45, 7) is 0.686. The molecule has 0 aliphatic heterocycles. The zero-order valence-electron chi connectivity index (χ0n) is 14.2. The molecule has 0 spiro atoms. The van der Waals surface area contributed by atoms with Gasteiger partial charge in [0.05, 0.1) is 12.5 Å². The first-order valence-corrected chi connectivity index (χ1v) is 8.58. The molecule has 6 heteroatoms. The highest BCUT2D eigenvalue weighted by atomic mass is 35.5. The summed E-state index contributed by atoms with van der Waals surface area (Å²) in [5, 5.41) is 4.45. The number of fused-ring (bicyclic) bond motifs is 1. The molecule has 130 valence electrons. The number of halogens is 1. The van der Waals surface area contributed by atoms with Gasteiger partial charge in [0.2, 0.25) is 5.28 Å². The number of anilines is 2. The predicted molar refractivity (Wildman–Crippen MR) is 104 cm³/mol. The number of nitrogens with one attached hydrogen (secondary N) is 1. The highest BCUT2D eigenvalue weighted by Crippen LogP contribution is 2.27. The van der Waals surface area contributed by atoms with Gasteiger partial charge in [-0.1, -0.05) is 30.3 Å². The van der Waals surface area contributed by atoms with Crippen LogP contribution in [0.1, 0.15) is 5.56 Å². The van der Waals surface area contributed by atoms with Gasteiger partial charge in [-0.05, 0) is 47.5 Å². The lowest BCUT2D eigenvalue weighted by molar-refractivity contribution is 0.414. The minimum atomic E-state index is 0.214. The summed E-state index contributed by atoms with van der Waals surface area (Å²) < 4.78 is 7.27. The van der Waals surface area contributed by atoms with Crippen LogP contribution in [0.4, 0.5) is 11.5 Å². The Kier molecular flexibility index (Phi) is 4.46. The second-order valence-electron chi connectivity index (χ2n) is 5.86. The molecule has 1 N–H and O–H groups in total. The number of hydrogen-bond donors (Lipinski definition) is 1. The van der Waals surface area contributed by atoms with E-state index in [9.17, 15) is 0 Å². The van der Waals surface area contributed by atoms with Crippen molar-refractivity contribution < 1.29 is 4.74 Å². The molecule has 2 heterocycles. The van der Waals surface area contributed by atoms with E-state index in [1.165, 1.54) is 0 Å². The van der Waals surface area contributed by atoms with Crippen molar-refractivity contribution in [1.29, 1.82) is 0 Å². The maximum Gasteiger partial charge on any atom is 0.226 e. The number of ether oxygens (including phenoxy) is 1. The summed E-state index contributed by atoms with van der Waals surface area (Å²) in [4.78, 5) is 8.77. The molecule has 4 rings (SSSR count). The second kappa shape index (κ2) is 7.06. The number of rotatable bonds is 5. The Morgan fingerprint density at radius 2 is 1.77 bits per heavy atom. The molecule has 0 amide bonds. The van der Waals surface area contributed by atoms with E-state index in [2.05, 4.69) is 19.9 Å². The van der Waals surface area contributed by atoms with Crippen LogP contribution in [-0.4, -0.2) is 21.6 Å². The third-order valence-corrected chi connectivity index (χ3v) is 4.31. The highest BCUT2D eigenvalue weighted by Gasteiger charge is 2.11. The van der Waals surface area contributed by atoms with Crippen molar-refractivity contribution in [3.05, 3.63) is 77.7 Å². The summed E-state index contributed by atoms with van der Waals surface area (Å²) >= 11 is 6.17. The SMILES string of the molecule is COc1ccc(Cn2ccc3c(Nc4ccccc4)nc(Cl)nc32)cc1. The molecule has 0 bridgehead atoms. The van der Waals surface area contributed by atoms with Crippen LogP contribution in [0.3, 0.4) is 0 Å². The summed E-state index contributed by atoms with van der Waals surface area (Å²) in [6.07, 6.45) is 2.00. The molecule has 0 saturated heterocycles. The summed E-state index contributed by atoms with van der Waals surface area (Å²) in [5.74, 6) is 1.53. The molecule has 0 aliphatic rings. The molecule has 4 aromatic rings. The van der Waals surface area contributed by atoms with Crippen LogP contribution >= 0.6 is 11.6 Å². The molecule has 5 nitrogen and oxygen atoms in total. The van der Waals surface area contributed by atoms with Gasteiger partial charge in [-0.15, -0.1) is 0 Å². The Hall–Kier alpha value is -3.05. The number of para-hydroxylation sites is 1. The molecule has 0 unspecified atom stereocenters. The maximum absolute atomic E-state index is 6.17. The first-order valence-electron chi connectivity index (χ1n) is 8.20. The molecule has 0 aliphatic carbocycles. The third kappa shape index (κ3) is 3.34. The van der Waals surface area contributed by atoms with Crippen molar-refractivity contribution in [2.75, 3.05) is 12.4 Å². The maximum atomic E-state index is 6.17. The van der Waals surface area contributed by atoms with E-state index in [0.29, 0.717) is 12.4 Å². The van der Waals surface area contributed by atoms with E-state index >= 15 is 0 Å². The van der Waals surface area contributed by atoms with E-state index < -0.39 is 0 Å². The molecular weight excluding hydrogens is 348 g/mol. The van der Waals surface area contributed by atoms with Gasteiger partial charge in [0.1, 0.15) is 17.2 Å². The Morgan fingerprint density at radius 3 is 2.50 bits per heavy atom. The van der Waals surface area contributed by atoms with E-state index in [1.807, 2.05) is 66.9 Å². The lowest BCUT2D eigenvalue weighted by atomic mass is 10.2. The van der Waals surface area contributed by atoms with Gasteiger partial charge in [0.15, 0.2) is 0 Å². The van der Waals surface area contributed by atoms with Gasteiger partial charge in [-0.25, -0.2) is 0 Å². The van der Waals surface area contributed by atoms with Gasteiger partial charge in [-0.3, -0.25) is 0 Å². The number of nitrogens with zero attached hydrogens (tertiary/aromatic N) is 3. The van der Waals surface area contributed by atoms with E-state index in [-0.39, 0.29) is 5.28 Å². The second-order valence-corrected chi connectivity index (χ2v) is 6.20. The van der Waals surface area contributed by atoms with Crippen LogP contribution in [0.15, 0.2) is 66.9 Å². The lowest BCUT2D eigenvalue weighted by Gasteiger charge is -2.09. The minimum Gasteiger partial charge on any atom is -0.497 e. The van der Waals surface area contributed by atoms with E-state index in [1.54, 1.807) is 7.11 Å². The molecule has 0 fully saturated rings. The van der Waals surface area contributed by atoms with Crippen molar-refractivity contribution in [2.45, 2.75) is 6.54 Å². The quantitative estimate of drug-likeness (QED) is 0.512. The number of benzene rings is 2. The summed E-state index contributed by atoms with van der Waals surface area (Å²) in [6, 6.07) is 19.9. The largest absolute Gasteiger partial charge is 0.497 e. The molecule has 2 aromatic carbocycles. The predicted octanol–water partition coefficient (Wildman–Crippen LogP) is 4.89. The van der Waals surface area contributed by atoms with E-state index in [0.717, 1.165) is 28.0 Å². The van der Waals surface area contributed by atoms with Gasteiger partial charge >= 0.3 is 0 Å². The standard InChI is InChI=1S/C20H17ClN4O/c1-26-16-9-7-14(8-10-16)13-25-12-11-17-18(23-20(21)24-19(17)25)22-15-5-3-2-4-6-15/h2-12H,13H2,1H3,(H,22,23,24). The monoisotopic (exact) mass is 364 g/mol. The highest BCUT2D eigenvalue weighted by molar-refractivity contribution is 6.28. The average Bonchev–Trinajstić information content (AvgIpc) is 3.06. The molecule has 0 saturated carbocycles. The fraction of sp³-hybridized carbons (Fsp3) is 0.100. The lowest BCUT2D eigenvalue weighted by Crippen LogP contribution is -2.02. The summed E-state index contributed by atoms with van der Waals surface area (Å²) in [7, 11) is 1.66. The van der Waals surface area contributed by atoms with Gasteiger partial charge < -0.3 is 14.6 Å². The van der Waals surface area contributed by atoms with Crippen molar-refractivity contribution in [1.82, 2.24) is 14.5 Å². The molecule has 2 aromatic heterocycles. The smallest absolute Gasteiger partial charge is 0.226 e. The fourth-order valence-corrected chi connectivity index (χ4v) is 3.01. The van der Waals surface area contributed by atoms with Crippen molar-refractivity contribution in [3.63, 3.8) is 0 Å². The molecule has 26 heavy (non-hydrogen) atoms. The Balaban J connectivity index is 1.68. The first kappa shape index (κ1) is 16.4. The van der Waals surface area contributed by atoms with Gasteiger partial charge in [0.25, 0.3) is 0 Å². The van der Waals surface area contributed by atoms with E-state index in [4.69, 9.17) is 16.3 Å². The Bertz CT molecular complexity index is 1030. The fourth-order valence-electron chi connectivity index (χ4n) is 2.85. The Morgan fingerprint density at radius 1 is 1.00 bits per heavy atom. The normalized spacial score (nSPS) is 10.8. The van der Waals surface area contributed by atoms with Crippen LogP contribution in [0, 0.1) is 0 Å². The molecular formula is C20H17ClN4O. The minimum absolute atomic E-state index is 0.214. The molecule has 0 atom stereocenters. The van der Waals surface area contributed by atoms with Crippen molar-refractivity contribution >= 4 is 34.1 Å². The number of aromatic nitrogens is 3. The van der Waals surface area contributed by atoms with Crippen LogP contribution in [0.5, 0.6) is 5.75 Å². The first-order chi connectivity index (χ1) is 12.7. The van der Waals surface area contributed by atoms with Crippen LogP contribution < -0.4 is 10.1 Å². The average molecular weight is 365 g/mol. The van der Waals surface area contributed by atoms with Gasteiger partial charge in [-0.2, -0.15) is 9.97 Å². The zero-order chi connectivity index (χ0) is 17.9. The summed E-state index contributed by atoms with van der Waals surface area (Å²) in [5.41, 5.74) is 2.89. The zero-order valence-corrected chi connectivity index (χ0v) is 14.9. The van der Waals surface area contributed by atoms with Crippen LogP contribution in [-0.2, 0) is 6.54 Å². The van der Waals surface area contributed by atoms with Crippen LogP contribution in [0.25, 0.3) is 11.0 Å². The topological polar surface area (TPSA) is 52.0 Å². The molecule has 0 radical (unpaired) electrons. The number of hydrogen-bond acceptors (Lipinski definition) is 4.